The Morgan fingerprint density at radius 2 is 2.22 bits per heavy atom. The summed E-state index contributed by atoms with van der Waals surface area (Å²) < 4.78 is 0. The lowest BCUT2D eigenvalue weighted by atomic mass is 10.1. The zero-order chi connectivity index (χ0) is 13.1. The molecule has 0 unspecified atom stereocenters. The van der Waals surface area contributed by atoms with Crippen molar-refractivity contribution in [1.82, 2.24) is 4.98 Å². The fourth-order valence-corrected chi connectivity index (χ4v) is 2.86. The summed E-state index contributed by atoms with van der Waals surface area (Å²) in [6.07, 6.45) is 3.08. The van der Waals surface area contributed by atoms with E-state index in [-0.39, 0.29) is 5.78 Å². The Balaban J connectivity index is 2.35. The summed E-state index contributed by atoms with van der Waals surface area (Å²) >= 11 is 7.57. The van der Waals surface area contributed by atoms with Gasteiger partial charge in [-0.25, -0.2) is 4.98 Å². The normalized spacial score (nSPS) is 10.6. The van der Waals surface area contributed by atoms with Crippen LogP contribution in [-0.2, 0) is 0 Å². The molecule has 1 aromatic heterocycles. The number of hydrogen-bond donors (Lipinski definition) is 0. The summed E-state index contributed by atoms with van der Waals surface area (Å²) in [7, 11) is 0. The predicted molar refractivity (Wildman–Crippen MR) is 76.5 cm³/mol. The van der Waals surface area contributed by atoms with E-state index in [1.807, 2.05) is 32.0 Å². The number of halogens is 1. The van der Waals surface area contributed by atoms with Crippen molar-refractivity contribution in [3.05, 3.63) is 39.9 Å². The number of Topliss-reactive ketones (excluding diaryl/α,β-unsaturated/α-hetero) is 1. The zero-order valence-electron chi connectivity index (χ0n) is 10.4. The fraction of sp³-hybridized carbons (Fsp3) is 0.286. The number of nitrogens with zero attached hydrogens (tertiary/aromatic N) is 1. The standard InChI is InChI=1S/C14H14ClNOS/c1-3-4-12(17)13-8-16-14(18-13)10-7-9(2)5-6-11(10)15/h5-8H,3-4H2,1-2H3. The van der Waals surface area contributed by atoms with E-state index in [1.165, 1.54) is 11.3 Å². The molecular formula is C14H14ClNOS. The van der Waals surface area contributed by atoms with Crippen LogP contribution >= 0.6 is 22.9 Å². The van der Waals surface area contributed by atoms with Crippen LogP contribution in [0.5, 0.6) is 0 Å². The fourth-order valence-electron chi connectivity index (χ4n) is 1.68. The molecule has 0 radical (unpaired) electrons. The highest BCUT2D eigenvalue weighted by Crippen LogP contribution is 2.32. The molecule has 2 nitrogen and oxygen atoms in total. The topological polar surface area (TPSA) is 30.0 Å². The van der Waals surface area contributed by atoms with Gasteiger partial charge in [0.05, 0.1) is 9.90 Å². The third-order valence-electron chi connectivity index (χ3n) is 2.61. The summed E-state index contributed by atoms with van der Waals surface area (Å²) in [6.45, 7) is 4.01. The molecule has 2 rings (SSSR count). The quantitative estimate of drug-likeness (QED) is 0.756. The maximum Gasteiger partial charge on any atom is 0.174 e. The molecule has 0 amide bonds. The van der Waals surface area contributed by atoms with Crippen molar-refractivity contribution in [3.63, 3.8) is 0 Å². The van der Waals surface area contributed by atoms with E-state index in [2.05, 4.69) is 4.98 Å². The monoisotopic (exact) mass is 279 g/mol. The second-order valence-corrected chi connectivity index (χ2v) is 5.62. The molecule has 4 heteroatoms. The Morgan fingerprint density at radius 1 is 1.44 bits per heavy atom. The van der Waals surface area contributed by atoms with E-state index in [0.717, 1.165) is 22.6 Å². The minimum absolute atomic E-state index is 0.157. The first-order chi connectivity index (χ1) is 8.61. The summed E-state index contributed by atoms with van der Waals surface area (Å²) in [5.74, 6) is 0.157. The van der Waals surface area contributed by atoms with E-state index < -0.39 is 0 Å². The lowest BCUT2D eigenvalue weighted by molar-refractivity contribution is 0.0985. The number of thiazole rings is 1. The van der Waals surface area contributed by atoms with Gasteiger partial charge in [-0.2, -0.15) is 0 Å². The largest absolute Gasteiger partial charge is 0.293 e. The number of rotatable bonds is 4. The molecule has 1 aromatic carbocycles. The van der Waals surface area contributed by atoms with E-state index in [1.54, 1.807) is 6.20 Å². The molecule has 0 aliphatic heterocycles. The molecule has 18 heavy (non-hydrogen) atoms. The third-order valence-corrected chi connectivity index (χ3v) is 4.01. The van der Waals surface area contributed by atoms with Gasteiger partial charge in [-0.3, -0.25) is 4.79 Å². The predicted octanol–water partition coefficient (Wildman–Crippen LogP) is 4.75. The molecular weight excluding hydrogens is 266 g/mol. The van der Waals surface area contributed by atoms with Crippen molar-refractivity contribution in [2.45, 2.75) is 26.7 Å². The summed E-state index contributed by atoms with van der Waals surface area (Å²) in [4.78, 5) is 16.8. The molecule has 0 atom stereocenters. The van der Waals surface area contributed by atoms with E-state index in [4.69, 9.17) is 11.6 Å². The van der Waals surface area contributed by atoms with Crippen LogP contribution in [-0.4, -0.2) is 10.8 Å². The number of carbonyl (C=O) groups excluding carboxylic acids is 1. The highest BCUT2D eigenvalue weighted by Gasteiger charge is 2.12. The van der Waals surface area contributed by atoms with Crippen LogP contribution in [0.25, 0.3) is 10.6 Å². The average Bonchev–Trinajstić information content (AvgIpc) is 2.82. The van der Waals surface area contributed by atoms with Gasteiger partial charge in [0.25, 0.3) is 0 Å². The third kappa shape index (κ3) is 2.79. The minimum atomic E-state index is 0.157. The molecule has 1 heterocycles. The number of hydrogen-bond acceptors (Lipinski definition) is 3. The van der Waals surface area contributed by atoms with Crippen LogP contribution in [0.4, 0.5) is 0 Å². The van der Waals surface area contributed by atoms with Crippen LogP contribution < -0.4 is 0 Å². The van der Waals surface area contributed by atoms with E-state index >= 15 is 0 Å². The molecule has 0 N–H and O–H groups in total. The maximum absolute atomic E-state index is 11.8. The highest BCUT2D eigenvalue weighted by atomic mass is 35.5. The van der Waals surface area contributed by atoms with Crippen LogP contribution in [0.15, 0.2) is 24.4 Å². The SMILES string of the molecule is CCCC(=O)c1cnc(-c2cc(C)ccc2Cl)s1. The second-order valence-electron chi connectivity index (χ2n) is 4.19. The minimum Gasteiger partial charge on any atom is -0.293 e. The number of benzene rings is 1. The number of ketones is 1. The van der Waals surface area contributed by atoms with Crippen LogP contribution in [0.3, 0.4) is 0 Å². The van der Waals surface area contributed by atoms with Crippen LogP contribution in [0, 0.1) is 6.92 Å². The Morgan fingerprint density at radius 3 is 2.94 bits per heavy atom. The van der Waals surface area contributed by atoms with Gasteiger partial charge in [-0.1, -0.05) is 30.2 Å². The number of aromatic nitrogens is 1. The van der Waals surface area contributed by atoms with Crippen molar-refractivity contribution in [1.29, 1.82) is 0 Å². The molecule has 0 aliphatic carbocycles. The molecule has 0 saturated carbocycles. The Hall–Kier alpha value is -1.19. The van der Waals surface area contributed by atoms with Crippen LogP contribution in [0.1, 0.15) is 35.0 Å². The van der Waals surface area contributed by atoms with E-state index in [9.17, 15) is 4.79 Å². The van der Waals surface area contributed by atoms with Gasteiger partial charge < -0.3 is 0 Å². The number of aryl methyl sites for hydroxylation is 1. The summed E-state index contributed by atoms with van der Waals surface area (Å²) in [5.41, 5.74) is 2.03. The Labute approximate surface area is 116 Å². The molecule has 2 aromatic rings. The van der Waals surface area contributed by atoms with Gasteiger partial charge in [0.2, 0.25) is 0 Å². The molecule has 0 fully saturated rings. The van der Waals surface area contributed by atoms with Gasteiger partial charge in [0.1, 0.15) is 5.01 Å². The van der Waals surface area contributed by atoms with Crippen LogP contribution in [0.2, 0.25) is 5.02 Å². The van der Waals surface area contributed by atoms with Crippen molar-refractivity contribution >= 4 is 28.7 Å². The lowest BCUT2D eigenvalue weighted by Gasteiger charge is -2.01. The van der Waals surface area contributed by atoms with E-state index in [0.29, 0.717) is 16.3 Å². The smallest absolute Gasteiger partial charge is 0.174 e. The first-order valence-corrected chi connectivity index (χ1v) is 7.06. The molecule has 0 bridgehead atoms. The molecule has 0 saturated heterocycles. The molecule has 0 spiro atoms. The zero-order valence-corrected chi connectivity index (χ0v) is 11.9. The molecule has 94 valence electrons. The van der Waals surface area contributed by atoms with Gasteiger partial charge in [0, 0.05) is 18.2 Å². The van der Waals surface area contributed by atoms with Crippen molar-refractivity contribution in [2.75, 3.05) is 0 Å². The van der Waals surface area contributed by atoms with Gasteiger partial charge >= 0.3 is 0 Å². The first-order valence-electron chi connectivity index (χ1n) is 5.87. The lowest BCUT2D eigenvalue weighted by Crippen LogP contribution is -1.93. The maximum atomic E-state index is 11.8. The summed E-state index contributed by atoms with van der Waals surface area (Å²) in [5, 5.41) is 1.48. The number of carbonyl (C=O) groups is 1. The summed E-state index contributed by atoms with van der Waals surface area (Å²) in [6, 6.07) is 5.82. The highest BCUT2D eigenvalue weighted by molar-refractivity contribution is 7.17. The Kier molecular flexibility index (Phi) is 4.15. The van der Waals surface area contributed by atoms with Gasteiger partial charge in [-0.05, 0) is 25.5 Å². The average molecular weight is 280 g/mol. The van der Waals surface area contributed by atoms with Crippen molar-refractivity contribution in [2.24, 2.45) is 0 Å². The van der Waals surface area contributed by atoms with Gasteiger partial charge in [0.15, 0.2) is 5.78 Å². The molecule has 0 aliphatic rings. The van der Waals surface area contributed by atoms with Gasteiger partial charge in [-0.15, -0.1) is 11.3 Å². The Bertz CT molecular complexity index is 577. The van der Waals surface area contributed by atoms with Crippen molar-refractivity contribution in [3.8, 4) is 10.6 Å². The second kappa shape index (κ2) is 5.63. The first kappa shape index (κ1) is 13.2. The van der Waals surface area contributed by atoms with Crippen molar-refractivity contribution < 1.29 is 4.79 Å².